The number of oxime groups is 1. The molecule has 1 aliphatic heterocycles. The van der Waals surface area contributed by atoms with Crippen molar-refractivity contribution in [3.63, 3.8) is 0 Å². The van der Waals surface area contributed by atoms with Crippen molar-refractivity contribution in [2.24, 2.45) is 10.9 Å². The van der Waals surface area contributed by atoms with E-state index < -0.39 is 0 Å². The van der Waals surface area contributed by atoms with Gasteiger partial charge in [-0.3, -0.25) is 0 Å². The van der Waals surface area contributed by atoms with E-state index in [2.05, 4.69) is 36.0 Å². The largest absolute Gasteiger partial charge is 0.409 e. The third-order valence-corrected chi connectivity index (χ3v) is 3.56. The Morgan fingerprint density at radius 2 is 2.38 bits per heavy atom. The lowest BCUT2D eigenvalue weighted by molar-refractivity contribution is 0.186. The van der Waals surface area contributed by atoms with E-state index in [-0.39, 0.29) is 0 Å². The maximum atomic E-state index is 8.53. The van der Waals surface area contributed by atoms with Gasteiger partial charge in [0.25, 0.3) is 0 Å². The Hall–Kier alpha value is -0.810. The van der Waals surface area contributed by atoms with Crippen LogP contribution in [0.4, 0.5) is 0 Å². The fourth-order valence-electron chi connectivity index (χ4n) is 2.22. The summed E-state index contributed by atoms with van der Waals surface area (Å²) in [6.07, 6.45) is 3.18. The van der Waals surface area contributed by atoms with Crippen LogP contribution in [0.2, 0.25) is 0 Å². The van der Waals surface area contributed by atoms with Crippen LogP contribution in [-0.2, 0) is 0 Å². The number of likely N-dealkylation sites (N-methyl/N-ethyl adjacent to an activating group) is 2. The van der Waals surface area contributed by atoms with Crippen LogP contribution < -0.4 is 5.73 Å². The van der Waals surface area contributed by atoms with Gasteiger partial charge >= 0.3 is 0 Å². The Kier molecular flexibility index (Phi) is 5.02. The number of hydrogen-bond donors (Lipinski definition) is 2. The highest BCUT2D eigenvalue weighted by molar-refractivity contribution is 5.80. The molecule has 3 N–H and O–H groups in total. The van der Waals surface area contributed by atoms with Crippen LogP contribution in [-0.4, -0.2) is 60.1 Å². The van der Waals surface area contributed by atoms with E-state index in [1.807, 2.05) is 0 Å². The highest BCUT2D eigenvalue weighted by Crippen LogP contribution is 2.16. The molecule has 1 aliphatic rings. The number of nitrogens with zero attached hydrogens (tertiary/aromatic N) is 3. The Balaban J connectivity index is 2.36. The number of likely N-dealkylation sites (tertiary alicyclic amines) is 1. The fourth-order valence-corrected chi connectivity index (χ4v) is 2.22. The molecule has 0 aromatic carbocycles. The second-order valence-electron chi connectivity index (χ2n) is 4.86. The predicted octanol–water partition coefficient (Wildman–Crippen LogP) is 0.537. The third-order valence-electron chi connectivity index (χ3n) is 3.56. The molecule has 0 aromatic rings. The molecule has 1 heterocycles. The molecule has 94 valence electrons. The molecule has 0 amide bonds. The van der Waals surface area contributed by atoms with E-state index in [9.17, 15) is 0 Å². The zero-order chi connectivity index (χ0) is 12.1. The van der Waals surface area contributed by atoms with Gasteiger partial charge < -0.3 is 20.7 Å². The van der Waals surface area contributed by atoms with Crippen molar-refractivity contribution in [1.82, 2.24) is 9.80 Å². The molecule has 5 heteroatoms. The summed E-state index contributed by atoms with van der Waals surface area (Å²) in [7, 11) is 4.28. The summed E-state index contributed by atoms with van der Waals surface area (Å²) in [5.41, 5.74) is 5.51. The molecule has 2 atom stereocenters. The van der Waals surface area contributed by atoms with Crippen molar-refractivity contribution in [3.8, 4) is 0 Å². The first-order valence-corrected chi connectivity index (χ1v) is 5.91. The van der Waals surface area contributed by atoms with Gasteiger partial charge in [0.05, 0.1) is 0 Å². The standard InChI is InChI=1S/C11H24N4O/c1-9(7-11(12)13-16)15(3)8-10-5-4-6-14(10)2/h9-10,16H,4-8H2,1-3H3,(H2,12,13). The third kappa shape index (κ3) is 3.64. The monoisotopic (exact) mass is 228 g/mol. The Morgan fingerprint density at radius 1 is 1.69 bits per heavy atom. The molecule has 0 bridgehead atoms. The van der Waals surface area contributed by atoms with Crippen molar-refractivity contribution in [1.29, 1.82) is 0 Å². The van der Waals surface area contributed by atoms with Gasteiger partial charge in [-0.05, 0) is 40.4 Å². The van der Waals surface area contributed by atoms with E-state index in [1.165, 1.54) is 19.4 Å². The van der Waals surface area contributed by atoms with Gasteiger partial charge in [-0.1, -0.05) is 5.16 Å². The topological polar surface area (TPSA) is 65.1 Å². The minimum Gasteiger partial charge on any atom is -0.409 e. The summed E-state index contributed by atoms with van der Waals surface area (Å²) in [5.74, 6) is 0.305. The molecule has 0 saturated carbocycles. The van der Waals surface area contributed by atoms with Crippen molar-refractivity contribution in [2.45, 2.75) is 38.3 Å². The Labute approximate surface area is 97.9 Å². The van der Waals surface area contributed by atoms with Gasteiger partial charge in [-0.15, -0.1) is 0 Å². The summed E-state index contributed by atoms with van der Waals surface area (Å²) in [6, 6.07) is 0.963. The predicted molar refractivity (Wildman–Crippen MR) is 65.8 cm³/mol. The van der Waals surface area contributed by atoms with E-state index in [0.717, 1.165) is 6.54 Å². The van der Waals surface area contributed by atoms with E-state index in [0.29, 0.717) is 24.3 Å². The Morgan fingerprint density at radius 3 is 2.88 bits per heavy atom. The van der Waals surface area contributed by atoms with Gasteiger partial charge in [0.1, 0.15) is 5.84 Å². The van der Waals surface area contributed by atoms with Crippen molar-refractivity contribution in [3.05, 3.63) is 0 Å². The zero-order valence-electron chi connectivity index (χ0n) is 10.6. The van der Waals surface area contributed by atoms with Crippen LogP contribution in [0.25, 0.3) is 0 Å². The SMILES string of the molecule is CC(CC(N)=NO)N(C)CC1CCCN1C. The smallest absolute Gasteiger partial charge is 0.140 e. The summed E-state index contributed by atoms with van der Waals surface area (Å²) >= 11 is 0. The van der Waals surface area contributed by atoms with Crippen LogP contribution in [0.15, 0.2) is 5.16 Å². The molecule has 0 aromatic heterocycles. The average molecular weight is 228 g/mol. The lowest BCUT2D eigenvalue weighted by Crippen LogP contribution is -2.41. The zero-order valence-corrected chi connectivity index (χ0v) is 10.6. The highest BCUT2D eigenvalue weighted by atomic mass is 16.4. The summed E-state index contributed by atoms with van der Waals surface area (Å²) < 4.78 is 0. The maximum absolute atomic E-state index is 8.53. The number of nitrogens with two attached hydrogens (primary N) is 1. The van der Waals surface area contributed by atoms with Crippen molar-refractivity contribution in [2.75, 3.05) is 27.2 Å². The fraction of sp³-hybridized carbons (Fsp3) is 0.909. The van der Waals surface area contributed by atoms with E-state index >= 15 is 0 Å². The van der Waals surface area contributed by atoms with Crippen LogP contribution in [0.5, 0.6) is 0 Å². The number of amidine groups is 1. The van der Waals surface area contributed by atoms with Crippen LogP contribution in [0, 0.1) is 0 Å². The molecule has 0 aliphatic carbocycles. The molecule has 1 rings (SSSR count). The molecule has 0 spiro atoms. The lowest BCUT2D eigenvalue weighted by Gasteiger charge is -2.30. The summed E-state index contributed by atoms with van der Waals surface area (Å²) in [4.78, 5) is 4.69. The van der Waals surface area contributed by atoms with Gasteiger partial charge in [0.2, 0.25) is 0 Å². The first-order chi connectivity index (χ1) is 7.54. The molecule has 5 nitrogen and oxygen atoms in total. The maximum Gasteiger partial charge on any atom is 0.140 e. The average Bonchev–Trinajstić information content (AvgIpc) is 2.64. The second-order valence-corrected chi connectivity index (χ2v) is 4.86. The van der Waals surface area contributed by atoms with Gasteiger partial charge in [0, 0.05) is 25.0 Å². The minimum absolute atomic E-state index is 0.305. The molecule has 0 radical (unpaired) electrons. The molecule has 2 unspecified atom stereocenters. The van der Waals surface area contributed by atoms with E-state index in [1.54, 1.807) is 0 Å². The van der Waals surface area contributed by atoms with Gasteiger partial charge in [0.15, 0.2) is 0 Å². The highest BCUT2D eigenvalue weighted by Gasteiger charge is 2.23. The number of hydrogen-bond acceptors (Lipinski definition) is 4. The molecule has 1 saturated heterocycles. The molecular formula is C11H24N4O. The summed E-state index contributed by atoms with van der Waals surface area (Å²) in [5, 5.41) is 11.5. The molecule has 16 heavy (non-hydrogen) atoms. The number of rotatable bonds is 5. The molecule has 1 fully saturated rings. The van der Waals surface area contributed by atoms with Gasteiger partial charge in [-0.2, -0.15) is 0 Å². The van der Waals surface area contributed by atoms with Crippen LogP contribution in [0.1, 0.15) is 26.2 Å². The lowest BCUT2D eigenvalue weighted by atomic mass is 10.1. The van der Waals surface area contributed by atoms with Crippen molar-refractivity contribution >= 4 is 5.84 Å². The van der Waals surface area contributed by atoms with Crippen LogP contribution in [0.3, 0.4) is 0 Å². The van der Waals surface area contributed by atoms with Crippen LogP contribution >= 0.6 is 0 Å². The second kappa shape index (κ2) is 6.06. The first kappa shape index (κ1) is 13.3. The first-order valence-electron chi connectivity index (χ1n) is 5.91. The Bertz CT molecular complexity index is 244. The minimum atomic E-state index is 0.305. The summed E-state index contributed by atoms with van der Waals surface area (Å²) in [6.45, 7) is 4.36. The normalized spacial score (nSPS) is 25.2. The molecular weight excluding hydrogens is 204 g/mol. The van der Waals surface area contributed by atoms with Crippen molar-refractivity contribution < 1.29 is 5.21 Å². The quantitative estimate of drug-likeness (QED) is 0.312. The van der Waals surface area contributed by atoms with Gasteiger partial charge in [-0.25, -0.2) is 0 Å². The van der Waals surface area contributed by atoms with E-state index in [4.69, 9.17) is 10.9 Å².